The van der Waals surface area contributed by atoms with Gasteiger partial charge in [0.15, 0.2) is 0 Å². The van der Waals surface area contributed by atoms with Crippen molar-refractivity contribution in [3.05, 3.63) is 69.3 Å². The van der Waals surface area contributed by atoms with Gasteiger partial charge in [0, 0.05) is 24.7 Å². The number of nitrogens with one attached hydrogen (secondary N) is 1. The van der Waals surface area contributed by atoms with Gasteiger partial charge in [-0.2, -0.15) is 0 Å². The summed E-state index contributed by atoms with van der Waals surface area (Å²) in [4.78, 5) is 39.0. The number of sulfonamides is 1. The van der Waals surface area contributed by atoms with Crippen molar-refractivity contribution in [2.24, 2.45) is 0 Å². The summed E-state index contributed by atoms with van der Waals surface area (Å²) in [6, 6.07) is 10.4. The van der Waals surface area contributed by atoms with E-state index in [0.717, 1.165) is 27.8 Å². The molecule has 0 bridgehead atoms. The fourth-order valence-electron chi connectivity index (χ4n) is 3.83. The van der Waals surface area contributed by atoms with Crippen LogP contribution in [0.25, 0.3) is 0 Å². The van der Waals surface area contributed by atoms with E-state index < -0.39 is 33.4 Å². The fourth-order valence-corrected chi connectivity index (χ4v) is 4.72. The molecule has 11 heteroatoms. The summed E-state index contributed by atoms with van der Waals surface area (Å²) in [6.45, 7) is 8.62. The van der Waals surface area contributed by atoms with Crippen LogP contribution in [0.1, 0.15) is 50.3 Å². The second kappa shape index (κ2) is 12.7. The zero-order chi connectivity index (χ0) is 27.9. The van der Waals surface area contributed by atoms with E-state index in [1.54, 1.807) is 13.8 Å². The van der Waals surface area contributed by atoms with Crippen molar-refractivity contribution < 1.29 is 22.9 Å². The van der Waals surface area contributed by atoms with Crippen molar-refractivity contribution in [2.45, 2.75) is 66.1 Å². The van der Waals surface area contributed by atoms with Crippen molar-refractivity contribution in [3.8, 4) is 0 Å². The fraction of sp³-hybridized carbons (Fsp3) is 0.462. The van der Waals surface area contributed by atoms with Gasteiger partial charge >= 0.3 is 0 Å². The van der Waals surface area contributed by atoms with Crippen LogP contribution in [0.2, 0.25) is 0 Å². The molecule has 37 heavy (non-hydrogen) atoms. The third kappa shape index (κ3) is 8.01. The van der Waals surface area contributed by atoms with Crippen LogP contribution in [-0.4, -0.2) is 54.9 Å². The van der Waals surface area contributed by atoms with Gasteiger partial charge in [-0.05, 0) is 44.7 Å². The molecule has 2 amide bonds. The molecule has 0 spiro atoms. The van der Waals surface area contributed by atoms with Crippen molar-refractivity contribution in [2.75, 3.05) is 17.1 Å². The summed E-state index contributed by atoms with van der Waals surface area (Å²) in [6.07, 6.45) is 1.96. The van der Waals surface area contributed by atoms with E-state index >= 15 is 0 Å². The summed E-state index contributed by atoms with van der Waals surface area (Å²) in [5, 5.41) is 14.2. The zero-order valence-corrected chi connectivity index (χ0v) is 23.0. The third-order valence-corrected chi connectivity index (χ3v) is 7.34. The Kier molecular flexibility index (Phi) is 10.2. The number of hydrogen-bond acceptors (Lipinski definition) is 6. The second-order valence-corrected chi connectivity index (χ2v) is 11.2. The van der Waals surface area contributed by atoms with E-state index in [4.69, 9.17) is 0 Å². The number of carbonyl (C=O) groups excluding carboxylic acids is 2. The molecule has 0 fully saturated rings. The lowest BCUT2D eigenvalue weighted by atomic mass is 10.1. The number of amides is 2. The third-order valence-electron chi connectivity index (χ3n) is 6.21. The maximum Gasteiger partial charge on any atom is 0.271 e. The summed E-state index contributed by atoms with van der Waals surface area (Å²) >= 11 is 0. The van der Waals surface area contributed by atoms with E-state index in [1.807, 2.05) is 45.0 Å². The largest absolute Gasteiger partial charge is 0.352 e. The number of aryl methyl sites for hydroxylation is 2. The first kappa shape index (κ1) is 29.8. The molecule has 202 valence electrons. The van der Waals surface area contributed by atoms with Gasteiger partial charge in [0.2, 0.25) is 21.8 Å². The molecule has 0 aliphatic heterocycles. The number of anilines is 1. The van der Waals surface area contributed by atoms with E-state index in [9.17, 15) is 28.1 Å². The van der Waals surface area contributed by atoms with Crippen molar-refractivity contribution in [1.29, 1.82) is 0 Å². The summed E-state index contributed by atoms with van der Waals surface area (Å²) in [5.41, 5.74) is 2.02. The predicted octanol–water partition coefficient (Wildman–Crippen LogP) is 3.70. The Morgan fingerprint density at radius 2 is 1.68 bits per heavy atom. The zero-order valence-electron chi connectivity index (χ0n) is 22.2. The van der Waals surface area contributed by atoms with E-state index in [2.05, 4.69) is 5.32 Å². The quantitative estimate of drug-likeness (QED) is 0.328. The predicted molar refractivity (Wildman–Crippen MR) is 144 cm³/mol. The van der Waals surface area contributed by atoms with Crippen molar-refractivity contribution >= 4 is 33.2 Å². The van der Waals surface area contributed by atoms with E-state index in [-0.39, 0.29) is 29.9 Å². The molecule has 10 nitrogen and oxygen atoms in total. The number of rotatable bonds is 12. The minimum Gasteiger partial charge on any atom is -0.352 e. The molecular formula is C26H36N4O6S. The van der Waals surface area contributed by atoms with Gasteiger partial charge in [0.1, 0.15) is 12.6 Å². The van der Waals surface area contributed by atoms with Gasteiger partial charge < -0.3 is 10.2 Å². The lowest BCUT2D eigenvalue weighted by molar-refractivity contribution is -0.384. The lowest BCUT2D eigenvalue weighted by Gasteiger charge is -2.33. The number of benzene rings is 2. The van der Waals surface area contributed by atoms with Crippen LogP contribution in [0.15, 0.2) is 42.5 Å². The van der Waals surface area contributed by atoms with Crippen molar-refractivity contribution in [3.63, 3.8) is 0 Å². The number of nitro groups is 1. The minimum absolute atomic E-state index is 0.0393. The van der Waals surface area contributed by atoms with Gasteiger partial charge in [-0.15, -0.1) is 0 Å². The Morgan fingerprint density at radius 3 is 2.19 bits per heavy atom. The van der Waals surface area contributed by atoms with Gasteiger partial charge in [-0.3, -0.25) is 24.0 Å². The highest BCUT2D eigenvalue weighted by molar-refractivity contribution is 7.92. The van der Waals surface area contributed by atoms with Crippen LogP contribution >= 0.6 is 0 Å². The lowest BCUT2D eigenvalue weighted by Crippen LogP contribution is -2.53. The molecule has 2 atom stereocenters. The molecule has 0 radical (unpaired) electrons. The topological polar surface area (TPSA) is 130 Å². The first-order chi connectivity index (χ1) is 17.3. The number of carbonyl (C=O) groups is 2. The minimum atomic E-state index is -4.00. The summed E-state index contributed by atoms with van der Waals surface area (Å²) in [7, 11) is -4.00. The molecule has 0 aliphatic rings. The maximum atomic E-state index is 13.7. The Morgan fingerprint density at radius 1 is 1.05 bits per heavy atom. The smallest absolute Gasteiger partial charge is 0.271 e. The van der Waals surface area contributed by atoms with Gasteiger partial charge in [0.05, 0.1) is 16.9 Å². The molecule has 2 aromatic carbocycles. The van der Waals surface area contributed by atoms with Crippen LogP contribution in [0.4, 0.5) is 11.4 Å². The molecule has 0 saturated carbocycles. The molecule has 2 aromatic rings. The highest BCUT2D eigenvalue weighted by Crippen LogP contribution is 2.28. The van der Waals surface area contributed by atoms with Crippen LogP contribution in [0.5, 0.6) is 0 Å². The molecule has 1 N–H and O–H groups in total. The second-order valence-electron chi connectivity index (χ2n) is 9.25. The van der Waals surface area contributed by atoms with Crippen LogP contribution in [0, 0.1) is 24.0 Å². The first-order valence-electron chi connectivity index (χ1n) is 12.2. The number of non-ortho nitro benzene ring substituents is 1. The van der Waals surface area contributed by atoms with Gasteiger partial charge in [-0.1, -0.05) is 49.7 Å². The van der Waals surface area contributed by atoms with E-state index in [1.165, 1.54) is 17.0 Å². The highest BCUT2D eigenvalue weighted by Gasteiger charge is 2.33. The number of nitrogens with zero attached hydrogens (tertiary/aromatic N) is 3. The molecule has 0 aliphatic carbocycles. The average Bonchev–Trinajstić information content (AvgIpc) is 2.83. The first-order valence-corrected chi connectivity index (χ1v) is 14.0. The monoisotopic (exact) mass is 532 g/mol. The summed E-state index contributed by atoms with van der Waals surface area (Å²) in [5.74, 6) is -0.919. The van der Waals surface area contributed by atoms with E-state index in [0.29, 0.717) is 18.4 Å². The van der Waals surface area contributed by atoms with Gasteiger partial charge in [0.25, 0.3) is 5.69 Å². The van der Waals surface area contributed by atoms with Crippen molar-refractivity contribution in [1.82, 2.24) is 10.2 Å². The van der Waals surface area contributed by atoms with Gasteiger partial charge in [-0.25, -0.2) is 8.42 Å². The Bertz CT molecular complexity index is 1230. The molecule has 2 rings (SSSR count). The Balaban J connectivity index is 2.52. The maximum absolute atomic E-state index is 13.7. The highest BCUT2D eigenvalue weighted by atomic mass is 32.2. The normalized spacial score (nSPS) is 12.9. The summed E-state index contributed by atoms with van der Waals surface area (Å²) < 4.78 is 26.4. The Labute approximate surface area is 218 Å². The number of hydrogen-bond donors (Lipinski definition) is 1. The van der Waals surface area contributed by atoms with Crippen LogP contribution < -0.4 is 9.62 Å². The SMILES string of the molecule is CC[C@H](C(=O)N[C@@H](C)CC)N(Cc1ccc(C)cc1)C(=O)CN(c1cc([N+](=O)[O-])ccc1C)S(C)(=O)=O. The molecule has 0 unspecified atom stereocenters. The number of nitro benzene ring substituents is 1. The standard InChI is InChI=1S/C26H36N4O6S/c1-7-20(5)27-26(32)23(8-2)28(16-21-12-9-18(3)10-13-21)25(31)17-29(37(6,35)36)24-15-22(30(33)34)14-11-19(24)4/h9-15,20,23H,7-8,16-17H2,1-6H3,(H,27,32)/t20-,23+/m0/s1. The molecule has 0 aromatic heterocycles. The molecule has 0 saturated heterocycles. The average molecular weight is 533 g/mol. The van der Waals surface area contributed by atoms with Crippen LogP contribution in [0.3, 0.4) is 0 Å². The molecular weight excluding hydrogens is 496 g/mol. The Hall–Kier alpha value is -3.47. The molecule has 0 heterocycles. The van der Waals surface area contributed by atoms with Crippen LogP contribution in [-0.2, 0) is 26.2 Å².